The molecular formula is C24H22F6N4O7S. The van der Waals surface area contributed by atoms with E-state index in [4.69, 9.17) is 15.6 Å². The number of amides is 3. The molecule has 0 radical (unpaired) electrons. The molecule has 11 nitrogen and oxygen atoms in total. The van der Waals surface area contributed by atoms with Crippen LogP contribution < -0.4 is 11.1 Å². The molecule has 228 valence electrons. The molecular weight excluding hydrogens is 602 g/mol. The first kappa shape index (κ1) is 32.5. The first-order valence-electron chi connectivity index (χ1n) is 11.8. The number of thioether (sulfide) groups is 1. The van der Waals surface area contributed by atoms with Gasteiger partial charge in [0.25, 0.3) is 5.91 Å². The number of allylic oxidation sites excluding steroid dienone is 1. The number of carboxylic acids is 2. The summed E-state index contributed by atoms with van der Waals surface area (Å²) in [5.41, 5.74) is 6.36. The van der Waals surface area contributed by atoms with Gasteiger partial charge >= 0.3 is 24.3 Å². The number of rotatable bonds is 6. The number of halogens is 6. The molecule has 0 bridgehead atoms. The third-order valence-corrected chi connectivity index (χ3v) is 7.42. The number of nitrogens with zero attached hydrogens (tertiary/aromatic N) is 2. The van der Waals surface area contributed by atoms with E-state index in [1.807, 2.05) is 0 Å². The van der Waals surface area contributed by atoms with Crippen molar-refractivity contribution in [2.45, 2.75) is 36.2 Å². The smallest absolute Gasteiger partial charge is 0.477 e. The first-order chi connectivity index (χ1) is 19.4. The van der Waals surface area contributed by atoms with E-state index in [2.05, 4.69) is 5.32 Å². The van der Waals surface area contributed by atoms with E-state index in [1.165, 1.54) is 17.8 Å². The normalized spacial score (nSPS) is 22.2. The Morgan fingerprint density at radius 3 is 2.21 bits per heavy atom. The zero-order chi connectivity index (χ0) is 31.6. The predicted molar refractivity (Wildman–Crippen MR) is 132 cm³/mol. The first-order valence-corrected chi connectivity index (χ1v) is 12.9. The fourth-order valence-electron chi connectivity index (χ4n) is 4.19. The minimum Gasteiger partial charge on any atom is -0.477 e. The molecule has 1 aromatic carbocycles. The molecule has 0 aliphatic carbocycles. The SMILES string of the molecule is N[C@@H](C(=O)N[C@@H]1C(=O)N2C(C(=O)O)=C(C=C3CCN(CC(F)(F)F)C3=O)CS[C@H]12)c1ccccc1.O=C(O)C(F)(F)F. The molecule has 18 heteroatoms. The van der Waals surface area contributed by atoms with Gasteiger partial charge in [-0.05, 0) is 23.6 Å². The lowest BCUT2D eigenvalue weighted by molar-refractivity contribution is -0.192. The van der Waals surface area contributed by atoms with Crippen LogP contribution in [0.5, 0.6) is 0 Å². The number of likely N-dealkylation sites (tertiary alicyclic amines) is 1. The van der Waals surface area contributed by atoms with Gasteiger partial charge in [-0.25, -0.2) is 9.59 Å². The van der Waals surface area contributed by atoms with Gasteiger partial charge in [-0.15, -0.1) is 11.8 Å². The molecule has 2 saturated heterocycles. The molecule has 3 aliphatic rings. The third-order valence-electron chi connectivity index (χ3n) is 6.11. The lowest BCUT2D eigenvalue weighted by Crippen LogP contribution is -2.71. The van der Waals surface area contributed by atoms with Crippen LogP contribution in [0.3, 0.4) is 0 Å². The van der Waals surface area contributed by atoms with E-state index < -0.39 is 66.0 Å². The molecule has 42 heavy (non-hydrogen) atoms. The van der Waals surface area contributed by atoms with Crippen molar-refractivity contribution in [3.8, 4) is 0 Å². The van der Waals surface area contributed by atoms with Crippen LogP contribution in [0.1, 0.15) is 18.0 Å². The van der Waals surface area contributed by atoms with E-state index in [9.17, 15) is 50.6 Å². The van der Waals surface area contributed by atoms with Gasteiger partial charge in [0.15, 0.2) is 0 Å². The molecule has 0 unspecified atom stereocenters. The van der Waals surface area contributed by atoms with Crippen molar-refractivity contribution in [1.29, 1.82) is 0 Å². The van der Waals surface area contributed by atoms with Gasteiger partial charge in [0, 0.05) is 17.9 Å². The average Bonchev–Trinajstić information content (AvgIpc) is 3.23. The highest BCUT2D eigenvalue weighted by atomic mass is 32.2. The van der Waals surface area contributed by atoms with Gasteiger partial charge in [0.05, 0.1) is 0 Å². The van der Waals surface area contributed by atoms with E-state index in [1.54, 1.807) is 30.3 Å². The molecule has 3 heterocycles. The number of hydrogen-bond acceptors (Lipinski definition) is 7. The number of alkyl halides is 6. The van der Waals surface area contributed by atoms with Crippen LogP contribution >= 0.6 is 11.8 Å². The van der Waals surface area contributed by atoms with Crippen LogP contribution in [0, 0.1) is 0 Å². The Morgan fingerprint density at radius 1 is 1.10 bits per heavy atom. The van der Waals surface area contributed by atoms with Crippen molar-refractivity contribution in [2.24, 2.45) is 5.73 Å². The third kappa shape index (κ3) is 7.41. The van der Waals surface area contributed by atoms with Gasteiger partial charge in [0.1, 0.15) is 29.7 Å². The fourth-order valence-corrected chi connectivity index (χ4v) is 5.49. The second kappa shape index (κ2) is 12.4. The summed E-state index contributed by atoms with van der Waals surface area (Å²) in [7, 11) is 0. The Hall–Kier alpha value is -4.06. The Bertz CT molecular complexity index is 1330. The minimum absolute atomic E-state index is 0.0312. The van der Waals surface area contributed by atoms with Crippen molar-refractivity contribution in [2.75, 3.05) is 18.8 Å². The second-order valence-electron chi connectivity index (χ2n) is 9.03. The van der Waals surface area contributed by atoms with Gasteiger partial charge in [-0.1, -0.05) is 30.3 Å². The monoisotopic (exact) mass is 624 g/mol. The maximum absolute atomic E-state index is 12.8. The number of carbonyl (C=O) groups is 5. The molecule has 3 aliphatic heterocycles. The zero-order valence-electron chi connectivity index (χ0n) is 21.1. The van der Waals surface area contributed by atoms with Crippen LogP contribution in [0.4, 0.5) is 26.3 Å². The zero-order valence-corrected chi connectivity index (χ0v) is 21.9. The highest BCUT2D eigenvalue weighted by Gasteiger charge is 2.54. The number of nitrogens with two attached hydrogens (primary N) is 1. The Kier molecular flexibility index (Phi) is 9.61. The maximum Gasteiger partial charge on any atom is 0.490 e. The second-order valence-corrected chi connectivity index (χ2v) is 10.1. The van der Waals surface area contributed by atoms with Crippen LogP contribution in [0.2, 0.25) is 0 Å². The summed E-state index contributed by atoms with van der Waals surface area (Å²) < 4.78 is 69.7. The summed E-state index contributed by atoms with van der Waals surface area (Å²) in [6.07, 6.45) is -8.34. The van der Waals surface area contributed by atoms with Crippen LogP contribution in [0.15, 0.2) is 53.3 Å². The highest BCUT2D eigenvalue weighted by molar-refractivity contribution is 8.00. The number of carbonyl (C=O) groups excluding carboxylic acids is 3. The Labute approximate surface area is 237 Å². The van der Waals surface area contributed by atoms with Crippen molar-refractivity contribution < 1.29 is 60.5 Å². The van der Waals surface area contributed by atoms with E-state index >= 15 is 0 Å². The van der Waals surface area contributed by atoms with Crippen molar-refractivity contribution in [3.63, 3.8) is 0 Å². The van der Waals surface area contributed by atoms with E-state index in [0.717, 1.165) is 4.90 Å². The molecule has 3 atom stereocenters. The molecule has 3 amide bonds. The number of carboxylic acid groups (broad SMARTS) is 2. The van der Waals surface area contributed by atoms with Crippen molar-refractivity contribution in [3.05, 3.63) is 58.8 Å². The molecule has 1 aromatic rings. The van der Waals surface area contributed by atoms with Crippen LogP contribution in [-0.2, 0) is 24.0 Å². The summed E-state index contributed by atoms with van der Waals surface area (Å²) in [4.78, 5) is 60.3. The standard InChI is InChI=1S/C22H21F3N4O5S.C2HF3O2/c23-22(24,25)10-28-7-6-12(18(28)31)8-13-9-35-20-15(19(32)29(20)16(13)21(33)34)27-17(30)14(26)11-4-2-1-3-5-11;3-2(4,5)1(6)7/h1-5,8,14-15,20H,6-7,9-10,26H2,(H,27,30)(H,33,34);(H,6,7)/t14-,15-,20-;/m1./s1. The predicted octanol–water partition coefficient (Wildman–Crippen LogP) is 1.78. The van der Waals surface area contributed by atoms with Gasteiger partial charge in [-0.2, -0.15) is 26.3 Å². The van der Waals surface area contributed by atoms with Gasteiger partial charge in [0.2, 0.25) is 11.8 Å². The number of benzene rings is 1. The van der Waals surface area contributed by atoms with Gasteiger partial charge in [-0.3, -0.25) is 19.3 Å². The average molecular weight is 625 g/mol. The largest absolute Gasteiger partial charge is 0.490 e. The van der Waals surface area contributed by atoms with Crippen molar-refractivity contribution in [1.82, 2.24) is 15.1 Å². The molecule has 0 aromatic heterocycles. The Balaban J connectivity index is 0.000000616. The summed E-state index contributed by atoms with van der Waals surface area (Å²) in [5, 5.41) is 18.8. The maximum atomic E-state index is 12.8. The molecule has 4 rings (SSSR count). The molecule has 0 saturated carbocycles. The molecule has 0 spiro atoms. The quantitative estimate of drug-likeness (QED) is 0.209. The van der Waals surface area contributed by atoms with Crippen molar-refractivity contribution >= 4 is 41.4 Å². The number of β-lactam (4-membered cyclic amide) rings is 1. The fraction of sp³-hybridized carbons (Fsp3) is 0.375. The minimum atomic E-state index is -5.08. The molecule has 5 N–H and O–H groups in total. The summed E-state index contributed by atoms with van der Waals surface area (Å²) >= 11 is 1.18. The summed E-state index contributed by atoms with van der Waals surface area (Å²) in [5.74, 6) is -6.15. The van der Waals surface area contributed by atoms with Gasteiger partial charge < -0.3 is 26.2 Å². The lowest BCUT2D eigenvalue weighted by atomic mass is 10.00. The highest BCUT2D eigenvalue weighted by Crippen LogP contribution is 2.41. The summed E-state index contributed by atoms with van der Waals surface area (Å²) in [6.45, 7) is -1.52. The number of aliphatic carboxylic acids is 2. The number of fused-ring (bicyclic) bond motifs is 1. The topological polar surface area (TPSA) is 170 Å². The summed E-state index contributed by atoms with van der Waals surface area (Å²) in [6, 6.07) is 6.52. The van der Waals surface area contributed by atoms with E-state index in [-0.39, 0.29) is 35.6 Å². The van der Waals surface area contributed by atoms with Crippen LogP contribution in [-0.4, -0.2) is 92.3 Å². The number of nitrogens with one attached hydrogen (secondary N) is 1. The lowest BCUT2D eigenvalue weighted by Gasteiger charge is -2.49. The Morgan fingerprint density at radius 2 is 1.69 bits per heavy atom. The van der Waals surface area contributed by atoms with E-state index in [0.29, 0.717) is 10.5 Å². The number of hydrogen-bond donors (Lipinski definition) is 4. The van der Waals surface area contributed by atoms with Crippen LogP contribution in [0.25, 0.3) is 0 Å². The molecule has 2 fully saturated rings.